The second kappa shape index (κ2) is 7.65. The van der Waals surface area contributed by atoms with Crippen LogP contribution in [0.4, 0.5) is 13.2 Å². The lowest BCUT2D eigenvalue weighted by Gasteiger charge is -2.31. The standard InChI is InChI=1S/C24H25F3O/c1-2-3-16-4-12-22-19(14-16)5-6-20-15-18(9-13-23(20)22)17-7-10-21(11-8-17)28-24(25,26)27/h2-3,5-8,10-11,16,18H,4,9,12-15H2,1H3/b3-2-/t16-,18-/m0/s1. The van der Waals surface area contributed by atoms with E-state index in [4.69, 9.17) is 0 Å². The molecule has 0 heterocycles. The number of ether oxygens (including phenoxy) is 1. The van der Waals surface area contributed by atoms with E-state index in [0.717, 1.165) is 37.7 Å². The molecule has 0 saturated heterocycles. The van der Waals surface area contributed by atoms with Crippen LogP contribution in [0.5, 0.6) is 5.75 Å². The molecule has 2 aliphatic rings. The Morgan fingerprint density at radius 3 is 2.18 bits per heavy atom. The van der Waals surface area contributed by atoms with Gasteiger partial charge in [-0.15, -0.1) is 13.2 Å². The predicted molar refractivity (Wildman–Crippen MR) is 105 cm³/mol. The molecule has 0 bridgehead atoms. The molecule has 2 aliphatic carbocycles. The molecule has 0 fully saturated rings. The maximum atomic E-state index is 12.3. The van der Waals surface area contributed by atoms with E-state index in [1.165, 1.54) is 35.2 Å². The van der Waals surface area contributed by atoms with Gasteiger partial charge < -0.3 is 4.74 Å². The third-order valence-corrected chi connectivity index (χ3v) is 6.13. The fourth-order valence-electron chi connectivity index (χ4n) is 4.86. The number of fused-ring (bicyclic) bond motifs is 3. The fourth-order valence-corrected chi connectivity index (χ4v) is 4.86. The SMILES string of the molecule is C/C=C\[C@H]1CCc2c(ccc3c2CC[C@H](c2ccc(OC(F)(F)F)cc2)C3)C1. The Morgan fingerprint density at radius 1 is 0.893 bits per heavy atom. The molecular weight excluding hydrogens is 361 g/mol. The zero-order chi connectivity index (χ0) is 19.7. The lowest BCUT2D eigenvalue weighted by atomic mass is 9.74. The third-order valence-electron chi connectivity index (χ3n) is 6.13. The first-order chi connectivity index (χ1) is 13.4. The highest BCUT2D eigenvalue weighted by atomic mass is 19.4. The van der Waals surface area contributed by atoms with E-state index in [9.17, 15) is 13.2 Å². The van der Waals surface area contributed by atoms with E-state index >= 15 is 0 Å². The van der Waals surface area contributed by atoms with E-state index in [1.54, 1.807) is 17.7 Å². The Hall–Kier alpha value is -2.23. The summed E-state index contributed by atoms with van der Waals surface area (Å²) in [6.07, 6.45) is 6.40. The first-order valence-electron chi connectivity index (χ1n) is 10.0. The lowest BCUT2D eigenvalue weighted by Crippen LogP contribution is -2.20. The van der Waals surface area contributed by atoms with Gasteiger partial charge in [0.1, 0.15) is 5.75 Å². The van der Waals surface area contributed by atoms with Crippen LogP contribution in [0.25, 0.3) is 0 Å². The van der Waals surface area contributed by atoms with Crippen LogP contribution in [0.3, 0.4) is 0 Å². The minimum Gasteiger partial charge on any atom is -0.406 e. The van der Waals surface area contributed by atoms with Gasteiger partial charge in [-0.2, -0.15) is 0 Å². The number of hydrogen-bond acceptors (Lipinski definition) is 1. The normalized spacial score (nSPS) is 22.0. The average Bonchev–Trinajstić information content (AvgIpc) is 2.67. The summed E-state index contributed by atoms with van der Waals surface area (Å²) in [7, 11) is 0. The highest BCUT2D eigenvalue weighted by molar-refractivity contribution is 5.46. The first-order valence-corrected chi connectivity index (χ1v) is 10.0. The molecule has 2 aromatic rings. The molecule has 0 saturated carbocycles. The van der Waals surface area contributed by atoms with Crippen molar-refractivity contribution < 1.29 is 17.9 Å². The van der Waals surface area contributed by atoms with E-state index in [1.807, 2.05) is 0 Å². The van der Waals surface area contributed by atoms with Crippen LogP contribution in [0, 0.1) is 5.92 Å². The molecule has 0 spiro atoms. The molecule has 2 atom stereocenters. The molecule has 0 amide bonds. The van der Waals surface area contributed by atoms with Crippen molar-refractivity contribution in [2.45, 2.75) is 57.7 Å². The monoisotopic (exact) mass is 386 g/mol. The number of alkyl halides is 3. The molecule has 0 N–H and O–H groups in total. The Kier molecular flexibility index (Phi) is 5.22. The van der Waals surface area contributed by atoms with Crippen molar-refractivity contribution in [2.75, 3.05) is 0 Å². The molecule has 4 heteroatoms. The van der Waals surface area contributed by atoms with Crippen molar-refractivity contribution in [3.05, 3.63) is 76.4 Å². The van der Waals surface area contributed by atoms with Crippen molar-refractivity contribution in [1.82, 2.24) is 0 Å². The van der Waals surface area contributed by atoms with Gasteiger partial charge in [-0.25, -0.2) is 0 Å². The number of halogens is 3. The van der Waals surface area contributed by atoms with Gasteiger partial charge in [0.05, 0.1) is 0 Å². The van der Waals surface area contributed by atoms with E-state index in [-0.39, 0.29) is 5.75 Å². The molecule has 2 aromatic carbocycles. The summed E-state index contributed by atoms with van der Waals surface area (Å²) in [5.74, 6) is 0.853. The predicted octanol–water partition coefficient (Wildman–Crippen LogP) is 6.54. The van der Waals surface area contributed by atoms with E-state index in [2.05, 4.69) is 35.9 Å². The van der Waals surface area contributed by atoms with Crippen molar-refractivity contribution in [2.24, 2.45) is 5.92 Å². The molecule has 28 heavy (non-hydrogen) atoms. The van der Waals surface area contributed by atoms with Crippen LogP contribution in [-0.2, 0) is 25.7 Å². The molecule has 4 rings (SSSR count). The number of benzene rings is 2. The Balaban J connectivity index is 1.50. The van der Waals surface area contributed by atoms with Crippen molar-refractivity contribution in [3.63, 3.8) is 0 Å². The lowest BCUT2D eigenvalue weighted by molar-refractivity contribution is -0.274. The second-order valence-corrected chi connectivity index (χ2v) is 7.93. The van der Waals surface area contributed by atoms with Crippen LogP contribution >= 0.6 is 0 Å². The third kappa shape index (κ3) is 4.11. The summed E-state index contributed by atoms with van der Waals surface area (Å²) in [6, 6.07) is 11.0. The summed E-state index contributed by atoms with van der Waals surface area (Å²) in [6.45, 7) is 2.09. The van der Waals surface area contributed by atoms with Gasteiger partial charge in [-0.3, -0.25) is 0 Å². The minimum absolute atomic E-state index is 0.155. The zero-order valence-corrected chi connectivity index (χ0v) is 16.1. The summed E-state index contributed by atoms with van der Waals surface area (Å²) < 4.78 is 41.0. The second-order valence-electron chi connectivity index (χ2n) is 7.93. The highest BCUT2D eigenvalue weighted by Crippen LogP contribution is 2.39. The highest BCUT2D eigenvalue weighted by Gasteiger charge is 2.31. The largest absolute Gasteiger partial charge is 0.573 e. The molecule has 0 unspecified atom stereocenters. The van der Waals surface area contributed by atoms with Crippen molar-refractivity contribution in [1.29, 1.82) is 0 Å². The molecule has 0 aliphatic heterocycles. The van der Waals surface area contributed by atoms with Gasteiger partial charge in [0, 0.05) is 0 Å². The zero-order valence-electron chi connectivity index (χ0n) is 16.1. The quantitative estimate of drug-likeness (QED) is 0.544. The fraction of sp³-hybridized carbons (Fsp3) is 0.417. The van der Waals surface area contributed by atoms with Gasteiger partial charge in [0.15, 0.2) is 0 Å². The van der Waals surface area contributed by atoms with Gasteiger partial charge in [-0.05, 0) is 97.2 Å². The molecule has 148 valence electrons. The number of allylic oxidation sites excluding steroid dienone is 2. The molecule has 1 nitrogen and oxygen atoms in total. The maximum Gasteiger partial charge on any atom is 0.573 e. The van der Waals surface area contributed by atoms with Crippen molar-refractivity contribution in [3.8, 4) is 5.75 Å². The smallest absolute Gasteiger partial charge is 0.406 e. The molecule has 0 aromatic heterocycles. The van der Waals surface area contributed by atoms with Crippen LogP contribution in [0.15, 0.2) is 48.6 Å². The minimum atomic E-state index is -4.64. The van der Waals surface area contributed by atoms with E-state index < -0.39 is 6.36 Å². The number of hydrogen-bond donors (Lipinski definition) is 0. The maximum absolute atomic E-state index is 12.3. The van der Waals surface area contributed by atoms with Gasteiger partial charge in [0.25, 0.3) is 0 Å². The Labute approximate surface area is 164 Å². The van der Waals surface area contributed by atoms with E-state index in [0.29, 0.717) is 11.8 Å². The van der Waals surface area contributed by atoms with Crippen LogP contribution in [0.2, 0.25) is 0 Å². The molecular formula is C24H25F3O. The summed E-state index contributed by atoms with van der Waals surface area (Å²) in [5, 5.41) is 0. The van der Waals surface area contributed by atoms with Crippen molar-refractivity contribution >= 4 is 0 Å². The molecule has 0 radical (unpaired) electrons. The summed E-state index contributed by atoms with van der Waals surface area (Å²) >= 11 is 0. The van der Waals surface area contributed by atoms with Crippen LogP contribution in [0.1, 0.15) is 53.5 Å². The summed E-state index contributed by atoms with van der Waals surface area (Å²) in [4.78, 5) is 0. The summed E-state index contributed by atoms with van der Waals surface area (Å²) in [5.41, 5.74) is 7.09. The average molecular weight is 386 g/mol. The van der Waals surface area contributed by atoms with Gasteiger partial charge in [0.2, 0.25) is 0 Å². The topological polar surface area (TPSA) is 9.23 Å². The van der Waals surface area contributed by atoms with Crippen LogP contribution in [-0.4, -0.2) is 6.36 Å². The Bertz CT molecular complexity index is 865. The van der Waals surface area contributed by atoms with Crippen LogP contribution < -0.4 is 4.74 Å². The first kappa shape index (κ1) is 19.1. The Morgan fingerprint density at radius 2 is 1.54 bits per heavy atom. The van der Waals surface area contributed by atoms with Gasteiger partial charge in [-0.1, -0.05) is 36.4 Å². The number of rotatable bonds is 3. The van der Waals surface area contributed by atoms with Gasteiger partial charge >= 0.3 is 6.36 Å².